The van der Waals surface area contributed by atoms with E-state index in [2.05, 4.69) is 10.2 Å². The van der Waals surface area contributed by atoms with E-state index in [-0.39, 0.29) is 12.4 Å². The van der Waals surface area contributed by atoms with Crippen LogP contribution < -0.4 is 9.47 Å². The van der Waals surface area contributed by atoms with Crippen LogP contribution in [0.25, 0.3) is 0 Å². The summed E-state index contributed by atoms with van der Waals surface area (Å²) in [5, 5.41) is 8.43. The molecule has 0 unspecified atom stereocenters. The van der Waals surface area contributed by atoms with Crippen molar-refractivity contribution < 1.29 is 18.7 Å². The SMILES string of the molecule is CC(=O)c1ccccc1OCCSc1nnc(COc2cccc(C)c2)o1. The number of aryl methyl sites for hydroxylation is 1. The van der Waals surface area contributed by atoms with E-state index in [0.717, 1.165) is 11.3 Å². The Kier molecular flexibility index (Phi) is 6.49. The highest BCUT2D eigenvalue weighted by molar-refractivity contribution is 7.99. The van der Waals surface area contributed by atoms with Crippen molar-refractivity contribution >= 4 is 17.5 Å². The zero-order valence-electron chi connectivity index (χ0n) is 15.2. The molecule has 0 fully saturated rings. The average Bonchev–Trinajstić information content (AvgIpc) is 3.12. The summed E-state index contributed by atoms with van der Waals surface area (Å²) < 4.78 is 16.9. The highest BCUT2D eigenvalue weighted by atomic mass is 32.2. The van der Waals surface area contributed by atoms with Gasteiger partial charge < -0.3 is 13.9 Å². The van der Waals surface area contributed by atoms with Gasteiger partial charge in [0.1, 0.15) is 11.5 Å². The molecule has 0 aliphatic carbocycles. The molecule has 0 spiro atoms. The Balaban J connectivity index is 1.44. The van der Waals surface area contributed by atoms with Gasteiger partial charge in [-0.25, -0.2) is 0 Å². The highest BCUT2D eigenvalue weighted by Gasteiger charge is 2.10. The van der Waals surface area contributed by atoms with Crippen molar-refractivity contribution in [2.24, 2.45) is 0 Å². The van der Waals surface area contributed by atoms with Crippen LogP contribution in [0, 0.1) is 6.92 Å². The molecule has 0 amide bonds. The molecule has 3 rings (SSSR count). The Labute approximate surface area is 161 Å². The first kappa shape index (κ1) is 19.0. The summed E-state index contributed by atoms with van der Waals surface area (Å²) in [6.07, 6.45) is 0. The molecule has 0 saturated heterocycles. The number of aromatic nitrogens is 2. The van der Waals surface area contributed by atoms with Crippen molar-refractivity contribution in [1.29, 1.82) is 0 Å². The molecule has 6 nitrogen and oxygen atoms in total. The summed E-state index contributed by atoms with van der Waals surface area (Å²) >= 11 is 1.39. The average molecular weight is 384 g/mol. The molecule has 1 heterocycles. The van der Waals surface area contributed by atoms with E-state index in [0.29, 0.717) is 34.8 Å². The molecule has 7 heteroatoms. The van der Waals surface area contributed by atoms with E-state index in [1.165, 1.54) is 18.7 Å². The number of nitrogens with zero attached hydrogens (tertiary/aromatic N) is 2. The van der Waals surface area contributed by atoms with Gasteiger partial charge in [0.05, 0.1) is 12.2 Å². The molecule has 0 atom stereocenters. The third-order valence-corrected chi connectivity index (χ3v) is 4.42. The molecule has 2 aromatic carbocycles. The second kappa shape index (κ2) is 9.23. The fraction of sp³-hybridized carbons (Fsp3) is 0.250. The van der Waals surface area contributed by atoms with E-state index in [1.54, 1.807) is 12.1 Å². The molecule has 0 aliphatic heterocycles. The molecule has 27 heavy (non-hydrogen) atoms. The van der Waals surface area contributed by atoms with Gasteiger partial charge in [0.15, 0.2) is 12.4 Å². The summed E-state index contributed by atoms with van der Waals surface area (Å²) in [5.74, 6) is 2.37. The second-order valence-electron chi connectivity index (χ2n) is 5.82. The molecule has 0 radical (unpaired) electrons. The van der Waals surface area contributed by atoms with Crippen LogP contribution in [0.2, 0.25) is 0 Å². The smallest absolute Gasteiger partial charge is 0.276 e. The molecule has 140 valence electrons. The van der Waals surface area contributed by atoms with Crippen LogP contribution in [0.15, 0.2) is 58.2 Å². The van der Waals surface area contributed by atoms with Gasteiger partial charge in [0.2, 0.25) is 0 Å². The van der Waals surface area contributed by atoms with Crippen molar-refractivity contribution in [3.05, 3.63) is 65.5 Å². The third kappa shape index (κ3) is 5.59. The first-order valence-corrected chi connectivity index (χ1v) is 9.48. The van der Waals surface area contributed by atoms with Crippen molar-refractivity contribution in [2.45, 2.75) is 25.7 Å². The van der Waals surface area contributed by atoms with Gasteiger partial charge in [0.25, 0.3) is 11.1 Å². The molecular formula is C20H20N2O4S. The van der Waals surface area contributed by atoms with Crippen LogP contribution in [0.1, 0.15) is 28.7 Å². The van der Waals surface area contributed by atoms with E-state index in [1.807, 2.05) is 43.3 Å². The van der Waals surface area contributed by atoms with Crippen molar-refractivity contribution in [2.75, 3.05) is 12.4 Å². The van der Waals surface area contributed by atoms with Crippen LogP contribution in [-0.4, -0.2) is 28.3 Å². The van der Waals surface area contributed by atoms with Gasteiger partial charge in [-0.3, -0.25) is 4.79 Å². The van der Waals surface area contributed by atoms with Crippen molar-refractivity contribution in [3.8, 4) is 11.5 Å². The maximum absolute atomic E-state index is 11.6. The topological polar surface area (TPSA) is 74.5 Å². The number of para-hydroxylation sites is 1. The molecule has 3 aromatic rings. The summed E-state index contributed by atoms with van der Waals surface area (Å²) in [5.41, 5.74) is 1.71. The number of ether oxygens (including phenoxy) is 2. The van der Waals surface area contributed by atoms with Crippen LogP contribution >= 0.6 is 11.8 Å². The van der Waals surface area contributed by atoms with Gasteiger partial charge in [-0.2, -0.15) is 0 Å². The Bertz CT molecular complexity index is 910. The lowest BCUT2D eigenvalue weighted by molar-refractivity contribution is 0.101. The predicted octanol–water partition coefficient (Wildman–Crippen LogP) is 4.33. The Morgan fingerprint density at radius 3 is 2.78 bits per heavy atom. The van der Waals surface area contributed by atoms with Gasteiger partial charge in [-0.1, -0.05) is 36.0 Å². The standard InChI is InChI=1S/C20H20N2O4S/c1-14-6-5-7-16(12-14)25-13-19-21-22-20(26-19)27-11-10-24-18-9-4-3-8-17(18)15(2)23/h3-9,12H,10-11,13H2,1-2H3. The minimum Gasteiger partial charge on any atom is -0.492 e. The number of ketones is 1. The maximum Gasteiger partial charge on any atom is 0.276 e. The van der Waals surface area contributed by atoms with E-state index < -0.39 is 0 Å². The van der Waals surface area contributed by atoms with E-state index in [9.17, 15) is 4.79 Å². The number of hydrogen-bond acceptors (Lipinski definition) is 7. The largest absolute Gasteiger partial charge is 0.492 e. The van der Waals surface area contributed by atoms with Gasteiger partial charge in [0, 0.05) is 5.75 Å². The minimum absolute atomic E-state index is 0.0200. The zero-order chi connectivity index (χ0) is 19.1. The Hall–Kier alpha value is -2.80. The van der Waals surface area contributed by atoms with Gasteiger partial charge in [-0.15, -0.1) is 10.2 Å². The molecule has 0 saturated carbocycles. The second-order valence-corrected chi connectivity index (χ2v) is 6.86. The highest BCUT2D eigenvalue weighted by Crippen LogP contribution is 2.21. The molecule has 0 aliphatic rings. The first-order valence-electron chi connectivity index (χ1n) is 8.49. The zero-order valence-corrected chi connectivity index (χ0v) is 16.0. The monoisotopic (exact) mass is 384 g/mol. The predicted molar refractivity (Wildman–Crippen MR) is 102 cm³/mol. The number of carbonyl (C=O) groups is 1. The number of benzene rings is 2. The molecule has 0 N–H and O–H groups in total. The van der Waals surface area contributed by atoms with Crippen molar-refractivity contribution in [3.63, 3.8) is 0 Å². The molecule has 1 aromatic heterocycles. The summed E-state index contributed by atoms with van der Waals surface area (Å²) in [6, 6.07) is 15.0. The summed E-state index contributed by atoms with van der Waals surface area (Å²) in [7, 11) is 0. The lowest BCUT2D eigenvalue weighted by atomic mass is 10.1. The quantitative estimate of drug-likeness (QED) is 0.309. The summed E-state index contributed by atoms with van der Waals surface area (Å²) in [4.78, 5) is 11.6. The molecule has 0 bridgehead atoms. The van der Waals surface area contributed by atoms with E-state index in [4.69, 9.17) is 13.9 Å². The van der Waals surface area contributed by atoms with Gasteiger partial charge in [-0.05, 0) is 43.7 Å². The van der Waals surface area contributed by atoms with Crippen LogP contribution in [0.5, 0.6) is 11.5 Å². The van der Waals surface area contributed by atoms with Crippen molar-refractivity contribution in [1.82, 2.24) is 10.2 Å². The number of carbonyl (C=O) groups excluding carboxylic acids is 1. The van der Waals surface area contributed by atoms with E-state index >= 15 is 0 Å². The third-order valence-electron chi connectivity index (χ3n) is 3.63. The van der Waals surface area contributed by atoms with Crippen LogP contribution in [0.4, 0.5) is 0 Å². The lowest BCUT2D eigenvalue weighted by Gasteiger charge is -2.08. The summed E-state index contributed by atoms with van der Waals surface area (Å²) in [6.45, 7) is 4.17. The number of rotatable bonds is 9. The lowest BCUT2D eigenvalue weighted by Crippen LogP contribution is -2.04. The minimum atomic E-state index is -0.0200. The normalized spacial score (nSPS) is 10.6. The fourth-order valence-electron chi connectivity index (χ4n) is 2.37. The maximum atomic E-state index is 11.6. The number of thioether (sulfide) groups is 1. The Morgan fingerprint density at radius 1 is 1.11 bits per heavy atom. The van der Waals surface area contributed by atoms with Crippen LogP contribution in [0.3, 0.4) is 0 Å². The number of Topliss-reactive ketones (excluding diaryl/α,β-unsaturated/α-hetero) is 1. The first-order chi connectivity index (χ1) is 13.1. The molecular weight excluding hydrogens is 364 g/mol. The van der Waals surface area contributed by atoms with Gasteiger partial charge >= 0.3 is 0 Å². The number of hydrogen-bond donors (Lipinski definition) is 0. The fourth-order valence-corrected chi connectivity index (χ4v) is 2.96. The van der Waals surface area contributed by atoms with Crippen LogP contribution in [-0.2, 0) is 6.61 Å². The Morgan fingerprint density at radius 2 is 1.96 bits per heavy atom.